The summed E-state index contributed by atoms with van der Waals surface area (Å²) < 4.78 is 5.58. The van der Waals surface area contributed by atoms with Gasteiger partial charge in [-0.05, 0) is 37.1 Å². The lowest BCUT2D eigenvalue weighted by Gasteiger charge is -2.31. The van der Waals surface area contributed by atoms with Crippen molar-refractivity contribution in [2.24, 2.45) is 0 Å². The molecule has 148 valence electrons. The highest BCUT2D eigenvalue weighted by atomic mass is 16.6. The summed E-state index contributed by atoms with van der Waals surface area (Å²) in [4.78, 5) is 24.7. The van der Waals surface area contributed by atoms with Gasteiger partial charge >= 0.3 is 0 Å². The molecule has 0 aromatic heterocycles. The number of hydrogen-bond acceptors (Lipinski definition) is 6. The number of ether oxygens (including phenoxy) is 1. The van der Waals surface area contributed by atoms with E-state index >= 15 is 0 Å². The number of carbonyl (C=O) groups excluding carboxylic acids is 1. The molecule has 0 bridgehead atoms. The molecule has 2 aromatic rings. The fourth-order valence-corrected chi connectivity index (χ4v) is 3.38. The Hall–Kier alpha value is -2.77. The topological polar surface area (TPSA) is 84.7 Å². The van der Waals surface area contributed by atoms with Crippen molar-refractivity contribution in [1.82, 2.24) is 4.90 Å². The van der Waals surface area contributed by atoms with Crippen LogP contribution in [0.15, 0.2) is 42.5 Å². The van der Waals surface area contributed by atoms with E-state index < -0.39 is 4.92 Å². The standard InChI is InChI=1S/C21H25N3O4/c1-15-13-23(8-9-28-15)14-18-5-3-4-17(10-18)12-22-20-7-6-19(16(2)25)11-21(20)24(26)27/h3-7,10-11,15,22H,8-9,12-14H2,1-2H3. The molecule has 1 fully saturated rings. The monoisotopic (exact) mass is 383 g/mol. The van der Waals surface area contributed by atoms with Crippen molar-refractivity contribution in [2.75, 3.05) is 25.0 Å². The van der Waals surface area contributed by atoms with Gasteiger partial charge in [0.2, 0.25) is 0 Å². The number of nitro groups is 1. The van der Waals surface area contributed by atoms with Crippen LogP contribution in [0, 0.1) is 10.1 Å². The number of nitrogens with one attached hydrogen (secondary N) is 1. The normalized spacial score (nSPS) is 17.3. The first-order valence-electron chi connectivity index (χ1n) is 9.37. The number of benzene rings is 2. The van der Waals surface area contributed by atoms with Gasteiger partial charge in [0.25, 0.3) is 5.69 Å². The highest BCUT2D eigenvalue weighted by Gasteiger charge is 2.17. The molecule has 1 aliphatic heterocycles. The van der Waals surface area contributed by atoms with Crippen LogP contribution < -0.4 is 5.32 Å². The number of morpholine rings is 1. The van der Waals surface area contributed by atoms with Gasteiger partial charge in [-0.15, -0.1) is 0 Å². The van der Waals surface area contributed by atoms with Gasteiger partial charge in [0.05, 0.1) is 17.6 Å². The van der Waals surface area contributed by atoms with Gasteiger partial charge in [-0.1, -0.05) is 24.3 Å². The number of nitro benzene ring substituents is 1. The second-order valence-electron chi connectivity index (χ2n) is 7.14. The van der Waals surface area contributed by atoms with Crippen molar-refractivity contribution in [3.05, 3.63) is 69.3 Å². The van der Waals surface area contributed by atoms with Crippen LogP contribution >= 0.6 is 0 Å². The molecule has 0 saturated carbocycles. The maximum Gasteiger partial charge on any atom is 0.293 e. The molecule has 0 spiro atoms. The minimum atomic E-state index is -0.467. The predicted octanol–water partition coefficient (Wildman–Crippen LogP) is 3.63. The van der Waals surface area contributed by atoms with Gasteiger partial charge < -0.3 is 10.1 Å². The molecular formula is C21H25N3O4. The number of hydrogen-bond donors (Lipinski definition) is 1. The van der Waals surface area contributed by atoms with Crippen molar-refractivity contribution in [1.29, 1.82) is 0 Å². The molecule has 7 nitrogen and oxygen atoms in total. The minimum Gasteiger partial charge on any atom is -0.376 e. The molecule has 1 saturated heterocycles. The summed E-state index contributed by atoms with van der Waals surface area (Å²) in [6, 6.07) is 12.7. The van der Waals surface area contributed by atoms with E-state index in [1.807, 2.05) is 12.1 Å². The Labute approximate surface area is 164 Å². The Morgan fingerprint density at radius 1 is 1.29 bits per heavy atom. The summed E-state index contributed by atoms with van der Waals surface area (Å²) >= 11 is 0. The number of carbonyl (C=O) groups is 1. The number of Topliss-reactive ketones (excluding diaryl/α,β-unsaturated/α-hetero) is 1. The summed E-state index contributed by atoms with van der Waals surface area (Å²) in [5, 5.41) is 14.5. The first-order chi connectivity index (χ1) is 13.4. The molecule has 0 aliphatic carbocycles. The lowest BCUT2D eigenvalue weighted by Crippen LogP contribution is -2.40. The fraction of sp³-hybridized carbons (Fsp3) is 0.381. The smallest absolute Gasteiger partial charge is 0.293 e. The molecule has 1 aliphatic rings. The molecule has 1 unspecified atom stereocenters. The zero-order chi connectivity index (χ0) is 20.1. The lowest BCUT2D eigenvalue weighted by molar-refractivity contribution is -0.384. The van der Waals surface area contributed by atoms with E-state index in [2.05, 4.69) is 29.3 Å². The first-order valence-corrected chi connectivity index (χ1v) is 9.37. The van der Waals surface area contributed by atoms with E-state index in [0.717, 1.165) is 31.8 Å². The van der Waals surface area contributed by atoms with E-state index in [1.54, 1.807) is 12.1 Å². The SMILES string of the molecule is CC(=O)c1ccc(NCc2cccc(CN3CCOC(C)C3)c2)c([N+](=O)[O-])c1. The van der Waals surface area contributed by atoms with Gasteiger partial charge in [-0.25, -0.2) is 0 Å². The van der Waals surface area contributed by atoms with Crippen LogP contribution in [0.25, 0.3) is 0 Å². The second-order valence-corrected chi connectivity index (χ2v) is 7.14. The third-order valence-electron chi connectivity index (χ3n) is 4.81. The van der Waals surface area contributed by atoms with E-state index in [-0.39, 0.29) is 17.6 Å². The minimum absolute atomic E-state index is 0.0915. The number of ketones is 1. The second kappa shape index (κ2) is 8.95. The Balaban J connectivity index is 1.68. The van der Waals surface area contributed by atoms with Gasteiger partial charge in [0.1, 0.15) is 5.69 Å². The van der Waals surface area contributed by atoms with Crippen molar-refractivity contribution in [3.63, 3.8) is 0 Å². The molecule has 28 heavy (non-hydrogen) atoms. The summed E-state index contributed by atoms with van der Waals surface area (Å²) in [6.45, 7) is 7.38. The molecule has 1 atom stereocenters. The molecular weight excluding hydrogens is 358 g/mol. The van der Waals surface area contributed by atoms with Crippen LogP contribution in [0.1, 0.15) is 35.3 Å². The maximum absolute atomic E-state index is 11.5. The Morgan fingerprint density at radius 3 is 2.79 bits per heavy atom. The molecule has 1 heterocycles. The van der Waals surface area contributed by atoms with Crippen molar-refractivity contribution in [2.45, 2.75) is 33.0 Å². The van der Waals surface area contributed by atoms with E-state index in [1.165, 1.54) is 18.6 Å². The Kier molecular flexibility index (Phi) is 6.38. The van der Waals surface area contributed by atoms with E-state index in [4.69, 9.17) is 4.74 Å². The van der Waals surface area contributed by atoms with Crippen LogP contribution in [0.2, 0.25) is 0 Å². The summed E-state index contributed by atoms with van der Waals surface area (Å²) in [5.41, 5.74) is 2.89. The van der Waals surface area contributed by atoms with Crippen LogP contribution in [0.3, 0.4) is 0 Å². The predicted molar refractivity (Wildman–Crippen MR) is 108 cm³/mol. The lowest BCUT2D eigenvalue weighted by atomic mass is 10.1. The summed E-state index contributed by atoms with van der Waals surface area (Å²) in [7, 11) is 0. The van der Waals surface area contributed by atoms with Crippen LogP contribution in [0.5, 0.6) is 0 Å². The van der Waals surface area contributed by atoms with Crippen molar-refractivity contribution >= 4 is 17.2 Å². The average molecular weight is 383 g/mol. The number of anilines is 1. The maximum atomic E-state index is 11.5. The first kappa shape index (κ1) is 20.0. The third kappa shape index (κ3) is 5.15. The Bertz CT molecular complexity index is 868. The van der Waals surface area contributed by atoms with Crippen molar-refractivity contribution < 1.29 is 14.5 Å². The van der Waals surface area contributed by atoms with Gasteiger partial charge in [-0.2, -0.15) is 0 Å². The van der Waals surface area contributed by atoms with E-state index in [0.29, 0.717) is 17.8 Å². The van der Waals surface area contributed by atoms with Gasteiger partial charge in [-0.3, -0.25) is 19.8 Å². The third-order valence-corrected chi connectivity index (χ3v) is 4.81. The molecule has 2 aromatic carbocycles. The van der Waals surface area contributed by atoms with Crippen LogP contribution in [-0.4, -0.2) is 41.4 Å². The van der Waals surface area contributed by atoms with Gasteiger partial charge in [0, 0.05) is 37.8 Å². The number of rotatable bonds is 7. The molecule has 0 amide bonds. The summed E-state index contributed by atoms with van der Waals surface area (Å²) in [6.07, 6.45) is 0.247. The molecule has 1 N–H and O–H groups in total. The fourth-order valence-electron chi connectivity index (χ4n) is 3.38. The summed E-state index contributed by atoms with van der Waals surface area (Å²) in [5.74, 6) is -0.195. The Morgan fingerprint density at radius 2 is 2.07 bits per heavy atom. The van der Waals surface area contributed by atoms with Crippen molar-refractivity contribution in [3.8, 4) is 0 Å². The number of nitrogens with zero attached hydrogens (tertiary/aromatic N) is 2. The van der Waals surface area contributed by atoms with E-state index in [9.17, 15) is 14.9 Å². The highest BCUT2D eigenvalue weighted by molar-refractivity contribution is 5.95. The van der Waals surface area contributed by atoms with Crippen LogP contribution in [-0.2, 0) is 17.8 Å². The molecule has 0 radical (unpaired) electrons. The zero-order valence-corrected chi connectivity index (χ0v) is 16.2. The van der Waals surface area contributed by atoms with Gasteiger partial charge in [0.15, 0.2) is 5.78 Å². The average Bonchev–Trinajstić information content (AvgIpc) is 2.66. The van der Waals surface area contributed by atoms with Crippen LogP contribution in [0.4, 0.5) is 11.4 Å². The quantitative estimate of drug-likeness (QED) is 0.446. The molecule has 3 rings (SSSR count). The molecule has 7 heteroatoms. The zero-order valence-electron chi connectivity index (χ0n) is 16.2. The largest absolute Gasteiger partial charge is 0.376 e. The highest BCUT2D eigenvalue weighted by Crippen LogP contribution is 2.26.